The highest BCUT2D eigenvalue weighted by Crippen LogP contribution is 2.10. The van der Waals surface area contributed by atoms with Crippen molar-refractivity contribution in [1.29, 1.82) is 0 Å². The number of carbonyl (C=O) groups excluding carboxylic acids is 1. The molecule has 2 N–H and O–H groups in total. The summed E-state index contributed by atoms with van der Waals surface area (Å²) in [6.45, 7) is 5.63. The second kappa shape index (κ2) is 8.28. The Morgan fingerprint density at radius 1 is 1.30 bits per heavy atom. The highest BCUT2D eigenvalue weighted by molar-refractivity contribution is 7.80. The molecule has 6 nitrogen and oxygen atoms in total. The Labute approximate surface area is 140 Å². The molecule has 0 aliphatic heterocycles. The Morgan fingerprint density at radius 3 is 2.65 bits per heavy atom. The smallest absolute Gasteiger partial charge is 0.338 e. The van der Waals surface area contributed by atoms with Crippen molar-refractivity contribution in [1.82, 2.24) is 15.1 Å². The number of anilines is 1. The highest BCUT2D eigenvalue weighted by atomic mass is 32.1. The van der Waals surface area contributed by atoms with Gasteiger partial charge in [0.15, 0.2) is 5.11 Å². The molecule has 0 aliphatic carbocycles. The van der Waals surface area contributed by atoms with Gasteiger partial charge in [0.25, 0.3) is 0 Å². The molecule has 0 atom stereocenters. The van der Waals surface area contributed by atoms with Crippen molar-refractivity contribution in [3.63, 3.8) is 0 Å². The van der Waals surface area contributed by atoms with Crippen LogP contribution in [0.5, 0.6) is 0 Å². The molecule has 0 aliphatic rings. The SMILES string of the molecule is CCOC(=O)c1ccc(NC(=S)NCc2cnn(CC)c2)cc1. The van der Waals surface area contributed by atoms with E-state index in [4.69, 9.17) is 17.0 Å². The summed E-state index contributed by atoms with van der Waals surface area (Å²) in [6, 6.07) is 6.98. The maximum atomic E-state index is 11.6. The van der Waals surface area contributed by atoms with E-state index in [2.05, 4.69) is 15.7 Å². The molecule has 2 rings (SSSR count). The molecular weight excluding hydrogens is 312 g/mol. The fourth-order valence-corrected chi connectivity index (χ4v) is 2.12. The van der Waals surface area contributed by atoms with Gasteiger partial charge in [0, 0.05) is 30.5 Å². The van der Waals surface area contributed by atoms with Crippen molar-refractivity contribution in [3.05, 3.63) is 47.8 Å². The van der Waals surface area contributed by atoms with Crippen LogP contribution in [-0.2, 0) is 17.8 Å². The number of benzene rings is 1. The summed E-state index contributed by atoms with van der Waals surface area (Å²) in [5.41, 5.74) is 2.39. The van der Waals surface area contributed by atoms with Crippen LogP contribution >= 0.6 is 12.2 Å². The topological polar surface area (TPSA) is 68.2 Å². The number of rotatable bonds is 6. The van der Waals surface area contributed by atoms with Crippen molar-refractivity contribution in [3.8, 4) is 0 Å². The van der Waals surface area contributed by atoms with Gasteiger partial charge < -0.3 is 15.4 Å². The molecule has 0 unspecified atom stereocenters. The van der Waals surface area contributed by atoms with Crippen molar-refractivity contribution in [2.45, 2.75) is 26.9 Å². The number of hydrogen-bond acceptors (Lipinski definition) is 4. The molecule has 1 heterocycles. The molecule has 0 saturated heterocycles. The van der Waals surface area contributed by atoms with Crippen LogP contribution in [0.2, 0.25) is 0 Å². The molecule has 0 bridgehead atoms. The van der Waals surface area contributed by atoms with Gasteiger partial charge in [-0.15, -0.1) is 0 Å². The van der Waals surface area contributed by atoms with Gasteiger partial charge in [-0.05, 0) is 50.3 Å². The van der Waals surface area contributed by atoms with Crippen molar-refractivity contribution in [2.24, 2.45) is 0 Å². The minimum absolute atomic E-state index is 0.326. The summed E-state index contributed by atoms with van der Waals surface area (Å²) in [5.74, 6) is -0.326. The van der Waals surface area contributed by atoms with Crippen LogP contribution in [0, 0.1) is 0 Å². The van der Waals surface area contributed by atoms with Gasteiger partial charge in [-0.3, -0.25) is 4.68 Å². The van der Waals surface area contributed by atoms with Gasteiger partial charge in [-0.1, -0.05) is 0 Å². The van der Waals surface area contributed by atoms with Crippen LogP contribution in [-0.4, -0.2) is 27.5 Å². The van der Waals surface area contributed by atoms with E-state index in [1.165, 1.54) is 0 Å². The van der Waals surface area contributed by atoms with Gasteiger partial charge >= 0.3 is 5.97 Å². The fourth-order valence-electron chi connectivity index (χ4n) is 1.93. The van der Waals surface area contributed by atoms with E-state index < -0.39 is 0 Å². The van der Waals surface area contributed by atoms with Gasteiger partial charge in [0.05, 0.1) is 18.4 Å². The van der Waals surface area contributed by atoms with E-state index in [1.807, 2.05) is 24.0 Å². The minimum atomic E-state index is -0.326. The predicted molar refractivity (Wildman–Crippen MR) is 93.4 cm³/mol. The first kappa shape index (κ1) is 17.0. The third kappa shape index (κ3) is 5.07. The van der Waals surface area contributed by atoms with Crippen molar-refractivity contribution in [2.75, 3.05) is 11.9 Å². The lowest BCUT2D eigenvalue weighted by molar-refractivity contribution is 0.0526. The lowest BCUT2D eigenvalue weighted by atomic mass is 10.2. The number of hydrogen-bond donors (Lipinski definition) is 2. The Balaban J connectivity index is 1.83. The largest absolute Gasteiger partial charge is 0.462 e. The maximum absolute atomic E-state index is 11.6. The number of aromatic nitrogens is 2. The lowest BCUT2D eigenvalue weighted by Crippen LogP contribution is -2.27. The fraction of sp³-hybridized carbons (Fsp3) is 0.312. The lowest BCUT2D eigenvalue weighted by Gasteiger charge is -2.10. The number of ether oxygens (including phenoxy) is 1. The van der Waals surface area contributed by atoms with Crippen LogP contribution < -0.4 is 10.6 Å². The monoisotopic (exact) mass is 332 g/mol. The second-order valence-corrected chi connectivity index (χ2v) is 5.22. The molecule has 2 aromatic rings. The van der Waals surface area contributed by atoms with Gasteiger partial charge in [-0.2, -0.15) is 5.10 Å². The van der Waals surface area contributed by atoms with E-state index >= 15 is 0 Å². The number of esters is 1. The molecule has 1 aromatic heterocycles. The summed E-state index contributed by atoms with van der Waals surface area (Å²) < 4.78 is 6.80. The molecular formula is C16H20N4O2S. The molecule has 23 heavy (non-hydrogen) atoms. The van der Waals surface area contributed by atoms with Crippen LogP contribution in [0.25, 0.3) is 0 Å². The molecule has 1 aromatic carbocycles. The van der Waals surface area contributed by atoms with E-state index in [-0.39, 0.29) is 5.97 Å². The second-order valence-electron chi connectivity index (χ2n) is 4.81. The number of carbonyl (C=O) groups is 1. The average molecular weight is 332 g/mol. The summed E-state index contributed by atoms with van der Waals surface area (Å²) in [7, 11) is 0. The van der Waals surface area contributed by atoms with Gasteiger partial charge in [0.2, 0.25) is 0 Å². The first-order chi connectivity index (χ1) is 11.1. The molecule has 0 radical (unpaired) electrons. The Hall–Kier alpha value is -2.41. The molecule has 122 valence electrons. The molecule has 7 heteroatoms. The summed E-state index contributed by atoms with van der Waals surface area (Å²) in [6.07, 6.45) is 3.79. The first-order valence-corrected chi connectivity index (χ1v) is 7.86. The summed E-state index contributed by atoms with van der Waals surface area (Å²) in [5, 5.41) is 10.9. The average Bonchev–Trinajstić information content (AvgIpc) is 3.02. The molecule has 0 amide bonds. The summed E-state index contributed by atoms with van der Waals surface area (Å²) in [4.78, 5) is 11.6. The van der Waals surface area contributed by atoms with E-state index in [0.29, 0.717) is 23.8 Å². The van der Waals surface area contributed by atoms with Crippen molar-refractivity contribution >= 4 is 29.0 Å². The normalized spacial score (nSPS) is 10.2. The Kier molecular flexibility index (Phi) is 6.10. The third-order valence-electron chi connectivity index (χ3n) is 3.12. The molecule has 0 fully saturated rings. The van der Waals surface area contributed by atoms with E-state index in [9.17, 15) is 4.79 Å². The van der Waals surface area contributed by atoms with Gasteiger partial charge in [0.1, 0.15) is 0 Å². The zero-order valence-electron chi connectivity index (χ0n) is 13.2. The first-order valence-electron chi connectivity index (χ1n) is 7.45. The zero-order chi connectivity index (χ0) is 16.7. The van der Waals surface area contributed by atoms with Crippen LogP contribution in [0.15, 0.2) is 36.7 Å². The van der Waals surface area contributed by atoms with Crippen LogP contribution in [0.1, 0.15) is 29.8 Å². The van der Waals surface area contributed by atoms with E-state index in [1.54, 1.807) is 31.2 Å². The quantitative estimate of drug-likeness (QED) is 0.626. The standard InChI is InChI=1S/C16H20N4O2S/c1-3-20-11-12(10-18-20)9-17-16(23)19-14-7-5-13(6-8-14)15(21)22-4-2/h5-8,10-11H,3-4,9H2,1-2H3,(H2,17,19,23). The predicted octanol–water partition coefficient (Wildman–Crippen LogP) is 2.57. The summed E-state index contributed by atoms with van der Waals surface area (Å²) >= 11 is 5.26. The molecule has 0 saturated carbocycles. The maximum Gasteiger partial charge on any atom is 0.338 e. The Morgan fingerprint density at radius 2 is 2.04 bits per heavy atom. The number of nitrogens with zero attached hydrogens (tertiary/aromatic N) is 2. The minimum Gasteiger partial charge on any atom is -0.462 e. The number of nitrogens with one attached hydrogen (secondary N) is 2. The zero-order valence-corrected chi connectivity index (χ0v) is 14.0. The molecule has 0 spiro atoms. The van der Waals surface area contributed by atoms with Crippen LogP contribution in [0.3, 0.4) is 0 Å². The van der Waals surface area contributed by atoms with Gasteiger partial charge in [-0.25, -0.2) is 4.79 Å². The number of aryl methyl sites for hydroxylation is 1. The van der Waals surface area contributed by atoms with E-state index in [0.717, 1.165) is 17.8 Å². The van der Waals surface area contributed by atoms with Crippen LogP contribution in [0.4, 0.5) is 5.69 Å². The Bertz CT molecular complexity index is 667. The third-order valence-corrected chi connectivity index (χ3v) is 3.36. The number of thiocarbonyl (C=S) groups is 1. The van der Waals surface area contributed by atoms with Crippen molar-refractivity contribution < 1.29 is 9.53 Å². The highest BCUT2D eigenvalue weighted by Gasteiger charge is 2.06.